The largest absolute Gasteiger partial charge is 0.481 e. The predicted octanol–water partition coefficient (Wildman–Crippen LogP) is 3.46. The fourth-order valence-corrected chi connectivity index (χ4v) is 2.59. The molecule has 0 spiro atoms. The van der Waals surface area contributed by atoms with Gasteiger partial charge in [0.15, 0.2) is 0 Å². The number of aliphatic carboxylic acids is 1. The molecule has 1 aromatic heterocycles. The minimum absolute atomic E-state index is 0.0370. The van der Waals surface area contributed by atoms with Gasteiger partial charge in [0.05, 0.1) is 0 Å². The second-order valence-electron chi connectivity index (χ2n) is 4.93. The van der Waals surface area contributed by atoms with E-state index in [4.69, 9.17) is 9.52 Å². The van der Waals surface area contributed by atoms with Crippen molar-refractivity contribution in [3.63, 3.8) is 0 Å². The second-order valence-corrected chi connectivity index (χ2v) is 5.84. The van der Waals surface area contributed by atoms with Crippen LogP contribution in [0.1, 0.15) is 24.8 Å². The van der Waals surface area contributed by atoms with E-state index in [1.165, 1.54) is 0 Å². The van der Waals surface area contributed by atoms with Gasteiger partial charge in [-0.25, -0.2) is 0 Å². The third kappa shape index (κ3) is 3.90. The molecule has 20 heavy (non-hydrogen) atoms. The first-order chi connectivity index (χ1) is 9.44. The van der Waals surface area contributed by atoms with Gasteiger partial charge < -0.3 is 9.52 Å². The van der Waals surface area contributed by atoms with E-state index in [-0.39, 0.29) is 12.3 Å². The average Bonchev–Trinajstić information content (AvgIpc) is 2.74. The monoisotopic (exact) mass is 338 g/mol. The smallest absolute Gasteiger partial charge is 0.303 e. The van der Waals surface area contributed by atoms with Crippen molar-refractivity contribution in [2.75, 3.05) is 0 Å². The Hall–Kier alpha value is -1.69. The van der Waals surface area contributed by atoms with Crippen LogP contribution in [0.5, 0.6) is 0 Å². The summed E-state index contributed by atoms with van der Waals surface area (Å²) >= 11 is 3.43. The van der Waals surface area contributed by atoms with Crippen molar-refractivity contribution in [2.45, 2.75) is 26.7 Å². The molecule has 0 fully saturated rings. The van der Waals surface area contributed by atoms with Crippen molar-refractivity contribution < 1.29 is 14.3 Å². The zero-order chi connectivity index (χ0) is 14.7. The van der Waals surface area contributed by atoms with E-state index in [1.54, 1.807) is 0 Å². The highest BCUT2D eigenvalue weighted by molar-refractivity contribution is 9.10. The van der Waals surface area contributed by atoms with Crippen LogP contribution in [0, 0.1) is 12.8 Å². The molecule has 2 aromatic rings. The summed E-state index contributed by atoms with van der Waals surface area (Å²) in [4.78, 5) is 10.6. The van der Waals surface area contributed by atoms with Crippen LogP contribution in [0.25, 0.3) is 11.5 Å². The van der Waals surface area contributed by atoms with Crippen molar-refractivity contribution in [1.82, 2.24) is 10.2 Å². The fraction of sp³-hybridized carbons (Fsp3) is 0.357. The van der Waals surface area contributed by atoms with Gasteiger partial charge in [0, 0.05) is 22.9 Å². The lowest BCUT2D eigenvalue weighted by molar-refractivity contribution is -0.137. The number of nitrogens with zero attached hydrogens (tertiary/aromatic N) is 2. The molecule has 0 saturated heterocycles. The first-order valence-electron chi connectivity index (χ1n) is 6.26. The van der Waals surface area contributed by atoms with Gasteiger partial charge in [-0.3, -0.25) is 4.79 Å². The number of rotatable bonds is 5. The van der Waals surface area contributed by atoms with Crippen LogP contribution in [0.4, 0.5) is 0 Å². The van der Waals surface area contributed by atoms with Crippen LogP contribution >= 0.6 is 15.9 Å². The van der Waals surface area contributed by atoms with Crippen molar-refractivity contribution in [2.24, 2.45) is 5.92 Å². The molecule has 0 aliphatic heterocycles. The summed E-state index contributed by atoms with van der Waals surface area (Å²) in [6, 6.07) is 5.86. The van der Waals surface area contributed by atoms with Gasteiger partial charge in [-0.05, 0) is 36.6 Å². The van der Waals surface area contributed by atoms with Gasteiger partial charge in [-0.1, -0.05) is 22.9 Å². The van der Waals surface area contributed by atoms with Crippen molar-refractivity contribution in [3.05, 3.63) is 34.1 Å². The summed E-state index contributed by atoms with van der Waals surface area (Å²) in [6.45, 7) is 3.84. The molecule has 0 aliphatic rings. The molecule has 2 rings (SSSR count). The van der Waals surface area contributed by atoms with Crippen molar-refractivity contribution in [3.8, 4) is 11.5 Å². The molecule has 5 nitrogen and oxygen atoms in total. The number of hydrogen-bond donors (Lipinski definition) is 1. The summed E-state index contributed by atoms with van der Waals surface area (Å²) in [6.07, 6.45) is 0.556. The molecule has 1 heterocycles. The number of aromatic nitrogens is 2. The maximum absolute atomic E-state index is 10.6. The molecule has 106 valence electrons. The Balaban J connectivity index is 2.14. The Labute approximate surface area is 125 Å². The van der Waals surface area contributed by atoms with E-state index in [1.807, 2.05) is 32.0 Å². The highest BCUT2D eigenvalue weighted by atomic mass is 79.9. The lowest BCUT2D eigenvalue weighted by atomic mass is 10.0. The van der Waals surface area contributed by atoms with Gasteiger partial charge in [-0.2, -0.15) is 0 Å². The van der Waals surface area contributed by atoms with Gasteiger partial charge in [0.25, 0.3) is 0 Å². The van der Waals surface area contributed by atoms with E-state index in [9.17, 15) is 4.79 Å². The maximum atomic E-state index is 10.6. The van der Waals surface area contributed by atoms with Crippen LogP contribution in [0.2, 0.25) is 0 Å². The molecule has 1 aromatic carbocycles. The minimum Gasteiger partial charge on any atom is -0.481 e. The Morgan fingerprint density at radius 1 is 1.40 bits per heavy atom. The van der Waals surface area contributed by atoms with Gasteiger partial charge in [-0.15, -0.1) is 10.2 Å². The molecule has 1 atom stereocenters. The van der Waals surface area contributed by atoms with Crippen LogP contribution in [0.3, 0.4) is 0 Å². The number of hydrogen-bond acceptors (Lipinski definition) is 4. The fourth-order valence-electron chi connectivity index (χ4n) is 1.98. The Kier molecular flexibility index (Phi) is 4.54. The molecule has 0 radical (unpaired) electrons. The van der Waals surface area contributed by atoms with E-state index in [2.05, 4.69) is 26.1 Å². The van der Waals surface area contributed by atoms with E-state index < -0.39 is 5.97 Å². The molecule has 1 N–H and O–H groups in total. The highest BCUT2D eigenvalue weighted by Gasteiger charge is 2.14. The summed E-state index contributed by atoms with van der Waals surface area (Å²) in [5.41, 5.74) is 1.94. The number of halogens is 1. The zero-order valence-electron chi connectivity index (χ0n) is 11.3. The quantitative estimate of drug-likeness (QED) is 0.903. The van der Waals surface area contributed by atoms with Crippen LogP contribution in [-0.2, 0) is 11.2 Å². The molecular weight excluding hydrogens is 324 g/mol. The molecular formula is C14H15BrN2O3. The Bertz CT molecular complexity index is 604. The van der Waals surface area contributed by atoms with Gasteiger partial charge in [0.2, 0.25) is 11.8 Å². The molecule has 0 saturated carbocycles. The van der Waals surface area contributed by atoms with Gasteiger partial charge in [0.1, 0.15) is 0 Å². The molecule has 1 unspecified atom stereocenters. The summed E-state index contributed by atoms with van der Waals surface area (Å²) in [5, 5.41) is 16.7. The standard InChI is InChI=1S/C14H15BrN2O3/c1-8-3-10(7-11(15)4-8)14-17-16-12(20-14)5-9(2)6-13(18)19/h3-4,7,9H,5-6H2,1-2H3,(H,18,19). The number of carbonyl (C=O) groups is 1. The van der Waals surface area contributed by atoms with Crippen molar-refractivity contribution in [1.29, 1.82) is 0 Å². The Morgan fingerprint density at radius 2 is 2.15 bits per heavy atom. The normalized spacial score (nSPS) is 12.3. The summed E-state index contributed by atoms with van der Waals surface area (Å²) in [7, 11) is 0. The third-order valence-electron chi connectivity index (χ3n) is 2.80. The predicted molar refractivity (Wildman–Crippen MR) is 77.3 cm³/mol. The van der Waals surface area contributed by atoms with Crippen molar-refractivity contribution >= 4 is 21.9 Å². The van der Waals surface area contributed by atoms with Crippen LogP contribution in [0.15, 0.2) is 27.1 Å². The maximum Gasteiger partial charge on any atom is 0.303 e. The van der Waals surface area contributed by atoms with E-state index in [0.717, 1.165) is 15.6 Å². The summed E-state index contributed by atoms with van der Waals surface area (Å²) < 4.78 is 6.55. The van der Waals surface area contributed by atoms with Crippen LogP contribution in [-0.4, -0.2) is 21.3 Å². The van der Waals surface area contributed by atoms with Gasteiger partial charge >= 0.3 is 5.97 Å². The number of carboxylic acid groups (broad SMARTS) is 1. The van der Waals surface area contributed by atoms with E-state index in [0.29, 0.717) is 18.2 Å². The molecule has 0 aliphatic carbocycles. The topological polar surface area (TPSA) is 76.2 Å². The molecule has 0 amide bonds. The lowest BCUT2D eigenvalue weighted by Gasteiger charge is -2.03. The second kappa shape index (κ2) is 6.17. The van der Waals surface area contributed by atoms with E-state index >= 15 is 0 Å². The first kappa shape index (κ1) is 14.7. The van der Waals surface area contributed by atoms with Crippen LogP contribution < -0.4 is 0 Å². The number of aryl methyl sites for hydroxylation is 1. The summed E-state index contributed by atoms with van der Waals surface area (Å²) in [5.74, 6) is 0.0585. The zero-order valence-corrected chi connectivity index (χ0v) is 12.8. The molecule has 6 heteroatoms. The lowest BCUT2D eigenvalue weighted by Crippen LogP contribution is -2.07. The minimum atomic E-state index is -0.820. The molecule has 0 bridgehead atoms. The number of carboxylic acids is 1. The highest BCUT2D eigenvalue weighted by Crippen LogP contribution is 2.24. The first-order valence-corrected chi connectivity index (χ1v) is 7.05. The third-order valence-corrected chi connectivity index (χ3v) is 3.26. The SMILES string of the molecule is Cc1cc(Br)cc(-c2nnc(CC(C)CC(=O)O)o2)c1. The average molecular weight is 339 g/mol. The Morgan fingerprint density at radius 3 is 2.80 bits per heavy atom. The number of benzene rings is 1.